The number of H-pyrrole nitrogens is 1. The Bertz CT molecular complexity index is 786. The summed E-state index contributed by atoms with van der Waals surface area (Å²) in [5.74, 6) is 0. The molecule has 0 saturated carbocycles. The molecule has 6 heteroatoms. The molecule has 3 heterocycles. The lowest BCUT2D eigenvalue weighted by Gasteiger charge is -2.26. The Balaban J connectivity index is 1.45. The molecule has 3 aromatic rings. The van der Waals surface area contributed by atoms with Gasteiger partial charge in [0.15, 0.2) is 0 Å². The predicted molar refractivity (Wildman–Crippen MR) is 85.1 cm³/mol. The van der Waals surface area contributed by atoms with Crippen molar-refractivity contribution in [1.82, 2.24) is 30.1 Å². The van der Waals surface area contributed by atoms with Gasteiger partial charge in [0.05, 0.1) is 6.54 Å². The van der Waals surface area contributed by atoms with Crippen molar-refractivity contribution in [2.24, 2.45) is 0 Å². The molecule has 0 bridgehead atoms. The first-order valence-electron chi connectivity index (χ1n) is 7.59. The van der Waals surface area contributed by atoms with Crippen molar-refractivity contribution in [3.05, 3.63) is 48.4 Å². The van der Waals surface area contributed by atoms with Crippen molar-refractivity contribution in [3.63, 3.8) is 0 Å². The quantitative estimate of drug-likeness (QED) is 0.799. The van der Waals surface area contributed by atoms with Gasteiger partial charge in [0.1, 0.15) is 6.33 Å². The number of nitrogens with one attached hydrogen (secondary N) is 1. The van der Waals surface area contributed by atoms with Crippen LogP contribution in [0.2, 0.25) is 0 Å². The average molecular weight is 294 g/mol. The van der Waals surface area contributed by atoms with E-state index in [9.17, 15) is 0 Å². The van der Waals surface area contributed by atoms with Crippen molar-refractivity contribution < 1.29 is 0 Å². The molecule has 0 radical (unpaired) electrons. The number of hydrogen-bond acceptors (Lipinski definition) is 4. The third-order valence-electron chi connectivity index (χ3n) is 4.27. The summed E-state index contributed by atoms with van der Waals surface area (Å²) < 4.78 is 1.78. The summed E-state index contributed by atoms with van der Waals surface area (Å²) in [6, 6.07) is 8.48. The van der Waals surface area contributed by atoms with Gasteiger partial charge in [-0.3, -0.25) is 4.90 Å². The van der Waals surface area contributed by atoms with Crippen LogP contribution in [-0.2, 0) is 6.54 Å². The highest BCUT2D eigenvalue weighted by atomic mass is 15.5. The Kier molecular flexibility index (Phi) is 3.44. The van der Waals surface area contributed by atoms with Crippen LogP contribution in [0, 0.1) is 0 Å². The van der Waals surface area contributed by atoms with Gasteiger partial charge in [-0.1, -0.05) is 24.3 Å². The highest BCUT2D eigenvalue weighted by molar-refractivity contribution is 5.92. The van der Waals surface area contributed by atoms with E-state index in [1.807, 2.05) is 0 Å². The van der Waals surface area contributed by atoms with Gasteiger partial charge < -0.3 is 4.98 Å². The minimum absolute atomic E-state index is 0.837. The highest BCUT2D eigenvalue weighted by Gasteiger charge is 2.15. The molecule has 0 saturated heterocycles. The Hall–Kier alpha value is -2.47. The van der Waals surface area contributed by atoms with Crippen LogP contribution in [0.5, 0.6) is 0 Å². The van der Waals surface area contributed by atoms with E-state index in [2.05, 4.69) is 61.9 Å². The third-order valence-corrected chi connectivity index (χ3v) is 4.27. The van der Waals surface area contributed by atoms with Crippen molar-refractivity contribution in [3.8, 4) is 0 Å². The Labute approximate surface area is 128 Å². The molecule has 1 aliphatic rings. The van der Waals surface area contributed by atoms with Crippen LogP contribution in [0.3, 0.4) is 0 Å². The van der Waals surface area contributed by atoms with Crippen molar-refractivity contribution in [2.75, 3.05) is 19.6 Å². The zero-order valence-corrected chi connectivity index (χ0v) is 12.3. The number of hydrogen-bond donors (Lipinski definition) is 1. The number of aromatic amines is 1. The van der Waals surface area contributed by atoms with Crippen LogP contribution in [-0.4, -0.2) is 49.7 Å². The number of benzene rings is 1. The van der Waals surface area contributed by atoms with Gasteiger partial charge in [-0.25, -0.2) is 4.68 Å². The minimum atomic E-state index is 0.837. The summed E-state index contributed by atoms with van der Waals surface area (Å²) in [6.45, 7) is 3.87. The smallest absolute Gasteiger partial charge is 0.138 e. The number of tetrazole rings is 1. The highest BCUT2D eigenvalue weighted by Crippen LogP contribution is 2.28. The Morgan fingerprint density at radius 1 is 1.18 bits per heavy atom. The van der Waals surface area contributed by atoms with Gasteiger partial charge in [-0.15, -0.1) is 5.10 Å². The summed E-state index contributed by atoms with van der Waals surface area (Å²) in [4.78, 5) is 5.79. The average Bonchev–Trinajstić information content (AvgIpc) is 3.23. The van der Waals surface area contributed by atoms with E-state index >= 15 is 0 Å². The molecule has 4 rings (SSSR count). The first-order valence-corrected chi connectivity index (χ1v) is 7.59. The van der Waals surface area contributed by atoms with Crippen LogP contribution in [0.15, 0.2) is 42.9 Å². The Morgan fingerprint density at radius 2 is 2.14 bits per heavy atom. The summed E-state index contributed by atoms with van der Waals surface area (Å²) in [7, 11) is 0. The van der Waals surface area contributed by atoms with Crippen LogP contribution in [0.1, 0.15) is 12.0 Å². The lowest BCUT2D eigenvalue weighted by atomic mass is 9.99. The molecule has 2 aromatic heterocycles. The van der Waals surface area contributed by atoms with Crippen LogP contribution in [0.25, 0.3) is 16.5 Å². The summed E-state index contributed by atoms with van der Waals surface area (Å²) in [5, 5.41) is 12.5. The zero-order valence-electron chi connectivity index (χ0n) is 12.3. The first kappa shape index (κ1) is 13.2. The zero-order chi connectivity index (χ0) is 14.8. The molecule has 0 aliphatic carbocycles. The van der Waals surface area contributed by atoms with E-state index in [1.165, 1.54) is 22.0 Å². The molecule has 1 aromatic carbocycles. The number of para-hydroxylation sites is 1. The molecule has 0 amide bonds. The lowest BCUT2D eigenvalue weighted by molar-refractivity contribution is 0.282. The van der Waals surface area contributed by atoms with E-state index in [4.69, 9.17) is 0 Å². The van der Waals surface area contributed by atoms with Crippen LogP contribution < -0.4 is 0 Å². The maximum absolute atomic E-state index is 3.90. The molecule has 0 fully saturated rings. The summed E-state index contributed by atoms with van der Waals surface area (Å²) in [6.07, 6.45) is 7.22. The molecule has 112 valence electrons. The molecule has 0 unspecified atom stereocenters. The molecular weight excluding hydrogens is 276 g/mol. The Morgan fingerprint density at radius 3 is 2.95 bits per heavy atom. The van der Waals surface area contributed by atoms with Crippen LogP contribution >= 0.6 is 0 Å². The fourth-order valence-electron chi connectivity index (χ4n) is 3.02. The molecular formula is C16H18N6. The van der Waals surface area contributed by atoms with Crippen molar-refractivity contribution in [1.29, 1.82) is 0 Å². The number of rotatable bonds is 4. The minimum Gasteiger partial charge on any atom is -0.361 e. The fourth-order valence-corrected chi connectivity index (χ4v) is 3.02. The van der Waals surface area contributed by atoms with Gasteiger partial charge in [0, 0.05) is 42.3 Å². The summed E-state index contributed by atoms with van der Waals surface area (Å²) in [5.41, 5.74) is 3.99. The van der Waals surface area contributed by atoms with Crippen molar-refractivity contribution in [2.45, 2.75) is 13.0 Å². The second kappa shape index (κ2) is 5.73. The largest absolute Gasteiger partial charge is 0.361 e. The summed E-state index contributed by atoms with van der Waals surface area (Å²) >= 11 is 0. The normalized spacial score (nSPS) is 16.1. The third kappa shape index (κ3) is 2.53. The molecule has 0 atom stereocenters. The molecule has 0 spiro atoms. The van der Waals surface area contributed by atoms with E-state index in [-0.39, 0.29) is 0 Å². The first-order chi connectivity index (χ1) is 10.9. The second-order valence-corrected chi connectivity index (χ2v) is 5.60. The van der Waals surface area contributed by atoms with Gasteiger partial charge in [0.25, 0.3) is 0 Å². The maximum atomic E-state index is 3.90. The van der Waals surface area contributed by atoms with Gasteiger partial charge in [-0.05, 0) is 28.5 Å². The monoisotopic (exact) mass is 294 g/mol. The molecule has 1 N–H and O–H groups in total. The molecule has 1 aliphatic heterocycles. The van der Waals surface area contributed by atoms with E-state index in [0.717, 1.165) is 32.6 Å². The number of aromatic nitrogens is 5. The van der Waals surface area contributed by atoms with E-state index in [1.54, 1.807) is 11.0 Å². The molecule has 22 heavy (non-hydrogen) atoms. The van der Waals surface area contributed by atoms with Crippen molar-refractivity contribution >= 4 is 16.5 Å². The maximum Gasteiger partial charge on any atom is 0.138 e. The van der Waals surface area contributed by atoms with Gasteiger partial charge >= 0.3 is 0 Å². The van der Waals surface area contributed by atoms with Crippen LogP contribution in [0.4, 0.5) is 0 Å². The topological polar surface area (TPSA) is 62.6 Å². The SMILES string of the molecule is C1=C(c2c[nH]c3ccccc23)CCN(CCn2cnnn2)C1. The second-order valence-electron chi connectivity index (χ2n) is 5.60. The van der Waals surface area contributed by atoms with Gasteiger partial charge in [-0.2, -0.15) is 0 Å². The lowest BCUT2D eigenvalue weighted by Crippen LogP contribution is -2.31. The van der Waals surface area contributed by atoms with Gasteiger partial charge in [0.2, 0.25) is 0 Å². The van der Waals surface area contributed by atoms with E-state index < -0.39 is 0 Å². The number of nitrogens with zero attached hydrogens (tertiary/aromatic N) is 5. The predicted octanol–water partition coefficient (Wildman–Crippen LogP) is 1.94. The molecule has 6 nitrogen and oxygen atoms in total. The standard InChI is InChI=1S/C16H18N6/c1-2-4-16-14(3-1)15(11-17-16)13-5-7-21(8-6-13)9-10-22-12-18-19-20-22/h1-5,11-12,17H,6-10H2. The van der Waals surface area contributed by atoms with E-state index in [0.29, 0.717) is 0 Å². The number of fused-ring (bicyclic) bond motifs is 1. The fraction of sp³-hybridized carbons (Fsp3) is 0.312.